The van der Waals surface area contributed by atoms with Crippen molar-refractivity contribution in [3.05, 3.63) is 46.2 Å². The summed E-state index contributed by atoms with van der Waals surface area (Å²) in [7, 11) is 0. The smallest absolute Gasteiger partial charge is 0.182 e. The highest BCUT2D eigenvalue weighted by Crippen LogP contribution is 2.21. The Morgan fingerprint density at radius 1 is 1.25 bits per heavy atom. The molecule has 0 aromatic carbocycles. The first-order chi connectivity index (χ1) is 9.81. The summed E-state index contributed by atoms with van der Waals surface area (Å²) in [6, 6.07) is 1.92. The Hall–Kier alpha value is -1.74. The fourth-order valence-corrected chi connectivity index (χ4v) is 2.59. The summed E-state index contributed by atoms with van der Waals surface area (Å²) in [6.07, 6.45) is 9.58. The summed E-state index contributed by atoms with van der Waals surface area (Å²) in [6.45, 7) is 1.33. The van der Waals surface area contributed by atoms with E-state index in [1.165, 1.54) is 5.57 Å². The molecular formula is C13H10IN5O. The lowest BCUT2D eigenvalue weighted by Crippen LogP contribution is -1.97. The normalized spacial score (nSPS) is 14.9. The van der Waals surface area contributed by atoms with Gasteiger partial charge < -0.3 is 4.74 Å². The van der Waals surface area contributed by atoms with E-state index in [0.717, 1.165) is 20.6 Å². The summed E-state index contributed by atoms with van der Waals surface area (Å²) in [5.41, 5.74) is 3.92. The van der Waals surface area contributed by atoms with Crippen LogP contribution >= 0.6 is 22.6 Å². The quantitative estimate of drug-likeness (QED) is 0.505. The van der Waals surface area contributed by atoms with Gasteiger partial charge in [-0.25, -0.2) is 14.2 Å². The van der Waals surface area contributed by atoms with Gasteiger partial charge in [-0.15, -0.1) is 0 Å². The van der Waals surface area contributed by atoms with E-state index in [1.807, 2.05) is 24.7 Å². The van der Waals surface area contributed by atoms with Crippen LogP contribution in [-0.2, 0) is 4.74 Å². The zero-order chi connectivity index (χ0) is 13.5. The minimum atomic E-state index is 0.649. The van der Waals surface area contributed by atoms with Gasteiger partial charge >= 0.3 is 0 Å². The molecule has 0 bridgehead atoms. The molecule has 0 amide bonds. The maximum absolute atomic E-state index is 5.34. The van der Waals surface area contributed by atoms with Gasteiger partial charge in [0, 0.05) is 18.0 Å². The Morgan fingerprint density at radius 2 is 2.20 bits per heavy atom. The highest BCUT2D eigenvalue weighted by molar-refractivity contribution is 14.1. The first-order valence-electron chi connectivity index (χ1n) is 6.13. The summed E-state index contributed by atoms with van der Waals surface area (Å²) in [4.78, 5) is 4.51. The van der Waals surface area contributed by atoms with E-state index >= 15 is 0 Å². The molecule has 1 aliphatic rings. The van der Waals surface area contributed by atoms with E-state index in [2.05, 4.69) is 43.8 Å². The Labute approximate surface area is 128 Å². The van der Waals surface area contributed by atoms with Gasteiger partial charge in [0.05, 0.1) is 25.6 Å². The van der Waals surface area contributed by atoms with Gasteiger partial charge in [-0.2, -0.15) is 10.2 Å². The second-order valence-corrected chi connectivity index (χ2v) is 5.57. The van der Waals surface area contributed by atoms with Crippen LogP contribution in [0.25, 0.3) is 16.9 Å². The Morgan fingerprint density at radius 3 is 3.05 bits per heavy atom. The van der Waals surface area contributed by atoms with Crippen molar-refractivity contribution in [1.29, 1.82) is 0 Å². The molecular weight excluding hydrogens is 369 g/mol. The number of fused-ring (bicyclic) bond motifs is 1. The number of nitrogens with zero attached hydrogens (tertiary/aromatic N) is 5. The highest BCUT2D eigenvalue weighted by Gasteiger charge is 2.13. The highest BCUT2D eigenvalue weighted by atomic mass is 127. The number of ether oxygens (including phenoxy) is 1. The molecule has 4 rings (SSSR count). The topological polar surface area (TPSA) is 57.2 Å². The molecule has 4 heterocycles. The number of rotatable bonds is 2. The van der Waals surface area contributed by atoms with Crippen LogP contribution in [0.2, 0.25) is 0 Å². The average molecular weight is 379 g/mol. The fourth-order valence-electron chi connectivity index (χ4n) is 2.21. The molecule has 20 heavy (non-hydrogen) atoms. The second kappa shape index (κ2) is 4.67. The molecule has 6 nitrogen and oxygen atoms in total. The van der Waals surface area contributed by atoms with E-state index in [1.54, 1.807) is 15.4 Å². The predicted octanol–water partition coefficient (Wildman–Crippen LogP) is 1.93. The molecule has 0 saturated carbocycles. The van der Waals surface area contributed by atoms with Crippen LogP contribution in [0.3, 0.4) is 0 Å². The number of hydrogen-bond donors (Lipinski definition) is 0. The van der Waals surface area contributed by atoms with Gasteiger partial charge in [0.25, 0.3) is 0 Å². The van der Waals surface area contributed by atoms with Crippen molar-refractivity contribution >= 4 is 33.8 Å². The van der Waals surface area contributed by atoms with Crippen molar-refractivity contribution in [3.63, 3.8) is 0 Å². The van der Waals surface area contributed by atoms with Crippen LogP contribution in [0.4, 0.5) is 0 Å². The van der Waals surface area contributed by atoms with Crippen LogP contribution in [-0.4, -0.2) is 37.6 Å². The molecule has 3 aromatic rings. The molecule has 0 radical (unpaired) electrons. The van der Waals surface area contributed by atoms with Gasteiger partial charge in [-0.05, 0) is 34.2 Å². The summed E-state index contributed by atoms with van der Waals surface area (Å²) < 4.78 is 9.82. The van der Waals surface area contributed by atoms with Crippen molar-refractivity contribution in [2.24, 2.45) is 0 Å². The SMILES string of the molecule is Ic1ccn2ncc(-n3cc(C4=CCOC4)cn3)c2n1. The molecule has 0 atom stereocenters. The van der Waals surface area contributed by atoms with Crippen LogP contribution in [0.15, 0.2) is 36.9 Å². The molecule has 1 aliphatic heterocycles. The Bertz CT molecular complexity index is 819. The van der Waals surface area contributed by atoms with Crippen molar-refractivity contribution in [2.75, 3.05) is 13.2 Å². The predicted molar refractivity (Wildman–Crippen MR) is 81.6 cm³/mol. The van der Waals surface area contributed by atoms with Gasteiger partial charge in [-0.1, -0.05) is 6.08 Å². The van der Waals surface area contributed by atoms with Crippen molar-refractivity contribution in [3.8, 4) is 5.69 Å². The number of aromatic nitrogens is 5. The molecule has 0 unspecified atom stereocenters. The lowest BCUT2D eigenvalue weighted by molar-refractivity contribution is 0.216. The molecule has 0 fully saturated rings. The summed E-state index contributed by atoms with van der Waals surface area (Å²) in [5.74, 6) is 0. The molecule has 0 aliphatic carbocycles. The maximum atomic E-state index is 5.34. The monoisotopic (exact) mass is 379 g/mol. The first-order valence-corrected chi connectivity index (χ1v) is 7.21. The van der Waals surface area contributed by atoms with Crippen LogP contribution in [0.5, 0.6) is 0 Å². The Balaban J connectivity index is 1.81. The van der Waals surface area contributed by atoms with Gasteiger partial charge in [0.2, 0.25) is 0 Å². The summed E-state index contributed by atoms with van der Waals surface area (Å²) >= 11 is 2.19. The second-order valence-electron chi connectivity index (χ2n) is 4.47. The minimum Gasteiger partial charge on any atom is -0.373 e. The van der Waals surface area contributed by atoms with Gasteiger partial charge in [0.1, 0.15) is 9.39 Å². The average Bonchev–Trinajstić information content (AvgIpc) is 3.17. The van der Waals surface area contributed by atoms with Gasteiger partial charge in [-0.3, -0.25) is 0 Å². The van der Waals surface area contributed by atoms with Gasteiger partial charge in [0.15, 0.2) is 5.65 Å². The summed E-state index contributed by atoms with van der Waals surface area (Å²) in [5, 5.41) is 8.70. The van der Waals surface area contributed by atoms with Crippen LogP contribution < -0.4 is 0 Å². The van der Waals surface area contributed by atoms with Crippen molar-refractivity contribution < 1.29 is 4.74 Å². The Kier molecular flexibility index (Phi) is 2.81. The number of hydrogen-bond acceptors (Lipinski definition) is 4. The third-order valence-electron chi connectivity index (χ3n) is 3.22. The molecule has 0 N–H and O–H groups in total. The minimum absolute atomic E-state index is 0.649. The standard InChI is InChI=1S/C13H10IN5O/c14-12-1-3-18-13(17-12)11(6-16-18)19-7-10(5-15-19)9-2-4-20-8-9/h1-3,5-7H,4,8H2. The lowest BCUT2D eigenvalue weighted by atomic mass is 10.2. The van der Waals surface area contributed by atoms with E-state index in [-0.39, 0.29) is 0 Å². The molecule has 0 spiro atoms. The molecule has 100 valence electrons. The largest absolute Gasteiger partial charge is 0.373 e. The molecule has 3 aromatic heterocycles. The number of halogens is 1. The molecule has 7 heteroatoms. The van der Waals surface area contributed by atoms with E-state index in [9.17, 15) is 0 Å². The fraction of sp³-hybridized carbons (Fsp3) is 0.154. The van der Waals surface area contributed by atoms with Crippen LogP contribution in [0.1, 0.15) is 5.56 Å². The third kappa shape index (κ3) is 1.93. The van der Waals surface area contributed by atoms with E-state index in [4.69, 9.17) is 4.74 Å². The van der Waals surface area contributed by atoms with Crippen molar-refractivity contribution in [1.82, 2.24) is 24.4 Å². The third-order valence-corrected chi connectivity index (χ3v) is 3.82. The van der Waals surface area contributed by atoms with E-state index in [0.29, 0.717) is 13.2 Å². The van der Waals surface area contributed by atoms with Crippen molar-refractivity contribution in [2.45, 2.75) is 0 Å². The maximum Gasteiger partial charge on any atom is 0.182 e. The van der Waals surface area contributed by atoms with Crippen LogP contribution in [0, 0.1) is 3.70 Å². The lowest BCUT2D eigenvalue weighted by Gasteiger charge is -1.99. The zero-order valence-electron chi connectivity index (χ0n) is 10.4. The van der Waals surface area contributed by atoms with E-state index < -0.39 is 0 Å². The zero-order valence-corrected chi connectivity index (χ0v) is 12.6. The first kappa shape index (κ1) is 12.0. The molecule has 0 saturated heterocycles.